The molecule has 0 unspecified atom stereocenters. The molecule has 1 saturated heterocycles. The Kier molecular flexibility index (Phi) is 5.82. The summed E-state index contributed by atoms with van der Waals surface area (Å²) in [4.78, 5) is 14.8. The Hall–Kier alpha value is -1.33. The number of rotatable bonds is 6. The number of hydrogen-bond donors (Lipinski definition) is 0. The standard InChI is InChI=1S/C16H19NO2S2/c1-3-4-7-10-17-15(18)14(21-16(17)20)11-12-8-5-6-9-13(12)19-2/h5-6,8-9,11H,3-4,7,10H2,1-2H3/b14-11-. The molecule has 1 heterocycles. The molecule has 1 aromatic rings. The summed E-state index contributed by atoms with van der Waals surface area (Å²) < 4.78 is 5.96. The largest absolute Gasteiger partial charge is 0.496 e. The van der Waals surface area contributed by atoms with E-state index in [1.54, 1.807) is 12.0 Å². The number of nitrogens with zero attached hydrogens (tertiary/aromatic N) is 1. The highest BCUT2D eigenvalue weighted by molar-refractivity contribution is 8.26. The van der Waals surface area contributed by atoms with E-state index in [9.17, 15) is 4.79 Å². The third-order valence-electron chi connectivity index (χ3n) is 3.28. The second kappa shape index (κ2) is 7.61. The molecule has 2 rings (SSSR count). The van der Waals surface area contributed by atoms with Gasteiger partial charge in [-0.25, -0.2) is 0 Å². The van der Waals surface area contributed by atoms with Gasteiger partial charge in [0.1, 0.15) is 10.1 Å². The zero-order valence-corrected chi connectivity index (χ0v) is 13.9. The van der Waals surface area contributed by atoms with Crippen molar-refractivity contribution < 1.29 is 9.53 Å². The van der Waals surface area contributed by atoms with Gasteiger partial charge in [-0.2, -0.15) is 0 Å². The van der Waals surface area contributed by atoms with E-state index in [1.807, 2.05) is 30.3 Å². The number of thioether (sulfide) groups is 1. The van der Waals surface area contributed by atoms with Crippen LogP contribution >= 0.6 is 24.0 Å². The second-order valence-electron chi connectivity index (χ2n) is 4.78. The average molecular weight is 321 g/mol. The number of benzene rings is 1. The first kappa shape index (κ1) is 16.0. The van der Waals surface area contributed by atoms with Crippen LogP contribution in [0.3, 0.4) is 0 Å². The van der Waals surface area contributed by atoms with Crippen LogP contribution in [0.1, 0.15) is 31.7 Å². The molecule has 112 valence electrons. The third-order valence-corrected chi connectivity index (χ3v) is 4.66. The number of methoxy groups -OCH3 is 1. The van der Waals surface area contributed by atoms with Gasteiger partial charge in [0.25, 0.3) is 5.91 Å². The molecular formula is C16H19NO2S2. The van der Waals surface area contributed by atoms with Gasteiger partial charge < -0.3 is 4.74 Å². The van der Waals surface area contributed by atoms with Gasteiger partial charge in [-0.05, 0) is 18.6 Å². The summed E-state index contributed by atoms with van der Waals surface area (Å²) in [5.41, 5.74) is 0.897. The number of amides is 1. The minimum Gasteiger partial charge on any atom is -0.496 e. The smallest absolute Gasteiger partial charge is 0.266 e. The van der Waals surface area contributed by atoms with Crippen molar-refractivity contribution in [2.75, 3.05) is 13.7 Å². The van der Waals surface area contributed by atoms with Crippen LogP contribution in [0.5, 0.6) is 5.75 Å². The van der Waals surface area contributed by atoms with Crippen LogP contribution in [0.2, 0.25) is 0 Å². The maximum atomic E-state index is 12.4. The van der Waals surface area contributed by atoms with Crippen molar-refractivity contribution in [3.63, 3.8) is 0 Å². The van der Waals surface area contributed by atoms with Crippen LogP contribution in [0.15, 0.2) is 29.2 Å². The van der Waals surface area contributed by atoms with Gasteiger partial charge >= 0.3 is 0 Å². The summed E-state index contributed by atoms with van der Waals surface area (Å²) in [6, 6.07) is 7.65. The lowest BCUT2D eigenvalue weighted by Gasteiger charge is -2.13. The van der Waals surface area contributed by atoms with Crippen LogP contribution in [0.4, 0.5) is 0 Å². The van der Waals surface area contributed by atoms with Gasteiger partial charge in [-0.15, -0.1) is 0 Å². The molecule has 1 aliphatic heterocycles. The van der Waals surface area contributed by atoms with Crippen molar-refractivity contribution in [2.24, 2.45) is 0 Å². The normalized spacial score (nSPS) is 16.9. The molecule has 21 heavy (non-hydrogen) atoms. The lowest BCUT2D eigenvalue weighted by atomic mass is 10.2. The fourth-order valence-electron chi connectivity index (χ4n) is 2.14. The molecule has 1 amide bonds. The molecule has 0 N–H and O–H groups in total. The van der Waals surface area contributed by atoms with E-state index >= 15 is 0 Å². The Morgan fingerprint density at radius 1 is 1.33 bits per heavy atom. The number of hydrogen-bond acceptors (Lipinski definition) is 4. The van der Waals surface area contributed by atoms with E-state index in [0.29, 0.717) is 15.8 Å². The van der Waals surface area contributed by atoms with Crippen molar-refractivity contribution in [1.82, 2.24) is 4.90 Å². The molecule has 1 aliphatic rings. The minimum atomic E-state index is 0.00649. The highest BCUT2D eigenvalue weighted by Crippen LogP contribution is 2.34. The first-order chi connectivity index (χ1) is 10.2. The van der Waals surface area contributed by atoms with Crippen molar-refractivity contribution in [2.45, 2.75) is 26.2 Å². The molecule has 1 aromatic carbocycles. The van der Waals surface area contributed by atoms with Crippen LogP contribution in [0.25, 0.3) is 6.08 Å². The third kappa shape index (κ3) is 3.86. The predicted octanol–water partition coefficient (Wildman–Crippen LogP) is 4.09. The molecule has 0 radical (unpaired) electrons. The summed E-state index contributed by atoms with van der Waals surface area (Å²) in [7, 11) is 1.63. The van der Waals surface area contributed by atoms with Crippen molar-refractivity contribution in [3.8, 4) is 5.75 Å². The zero-order chi connectivity index (χ0) is 15.2. The fraction of sp³-hybridized carbons (Fsp3) is 0.375. The summed E-state index contributed by atoms with van der Waals surface area (Å²) in [6.07, 6.45) is 5.09. The lowest BCUT2D eigenvalue weighted by Crippen LogP contribution is -2.28. The molecule has 0 aliphatic carbocycles. The Balaban J connectivity index is 2.16. The minimum absolute atomic E-state index is 0.00649. The van der Waals surface area contributed by atoms with E-state index in [1.165, 1.54) is 11.8 Å². The van der Waals surface area contributed by atoms with Crippen molar-refractivity contribution >= 4 is 40.3 Å². The molecule has 0 bridgehead atoms. The molecule has 0 aromatic heterocycles. The molecule has 5 heteroatoms. The van der Waals surface area contributed by atoms with Gasteiger partial charge in [0.05, 0.1) is 12.0 Å². The zero-order valence-electron chi connectivity index (χ0n) is 12.3. The van der Waals surface area contributed by atoms with Gasteiger partial charge in [0.15, 0.2) is 0 Å². The quantitative estimate of drug-likeness (QED) is 0.448. The SMILES string of the molecule is CCCCCN1C(=O)/C(=C/c2ccccc2OC)SC1=S. The van der Waals surface area contributed by atoms with Crippen molar-refractivity contribution in [3.05, 3.63) is 34.7 Å². The van der Waals surface area contributed by atoms with E-state index in [4.69, 9.17) is 17.0 Å². The van der Waals surface area contributed by atoms with Gasteiger partial charge in [-0.1, -0.05) is 61.9 Å². The maximum Gasteiger partial charge on any atom is 0.266 e. The second-order valence-corrected chi connectivity index (χ2v) is 6.46. The Morgan fingerprint density at radius 2 is 2.10 bits per heavy atom. The van der Waals surface area contributed by atoms with E-state index in [2.05, 4.69) is 6.92 Å². The molecule has 0 spiro atoms. The number of para-hydroxylation sites is 1. The van der Waals surface area contributed by atoms with Crippen molar-refractivity contribution in [1.29, 1.82) is 0 Å². The number of ether oxygens (including phenoxy) is 1. The Labute approximate surface area is 135 Å². The number of carbonyl (C=O) groups excluding carboxylic acids is 1. The molecule has 3 nitrogen and oxygen atoms in total. The van der Waals surface area contributed by atoms with Gasteiger partial charge in [0, 0.05) is 12.1 Å². The summed E-state index contributed by atoms with van der Waals surface area (Å²) in [5, 5.41) is 0. The van der Waals surface area contributed by atoms with E-state index in [0.717, 1.165) is 30.6 Å². The van der Waals surface area contributed by atoms with Crippen LogP contribution in [-0.2, 0) is 4.79 Å². The van der Waals surface area contributed by atoms with Gasteiger partial charge in [0.2, 0.25) is 0 Å². The fourth-order valence-corrected chi connectivity index (χ4v) is 3.44. The molecule has 0 saturated carbocycles. The monoisotopic (exact) mass is 321 g/mol. The van der Waals surface area contributed by atoms with Gasteiger partial charge in [-0.3, -0.25) is 9.69 Å². The molecular weight excluding hydrogens is 302 g/mol. The van der Waals surface area contributed by atoms with Crippen LogP contribution < -0.4 is 4.74 Å². The molecule has 1 fully saturated rings. The van der Waals surface area contributed by atoms with Crippen LogP contribution in [-0.4, -0.2) is 28.8 Å². The highest BCUT2D eigenvalue weighted by Gasteiger charge is 2.31. The highest BCUT2D eigenvalue weighted by atomic mass is 32.2. The molecule has 0 atom stereocenters. The lowest BCUT2D eigenvalue weighted by molar-refractivity contribution is -0.122. The average Bonchev–Trinajstić information content (AvgIpc) is 2.75. The Morgan fingerprint density at radius 3 is 2.81 bits per heavy atom. The maximum absolute atomic E-state index is 12.4. The summed E-state index contributed by atoms with van der Waals surface area (Å²) in [5.74, 6) is 0.765. The Bertz CT molecular complexity index is 569. The first-order valence-corrected chi connectivity index (χ1v) is 8.28. The van der Waals surface area contributed by atoms with Crippen LogP contribution in [0, 0.1) is 0 Å². The van der Waals surface area contributed by atoms with E-state index in [-0.39, 0.29) is 5.91 Å². The van der Waals surface area contributed by atoms with E-state index < -0.39 is 0 Å². The number of unbranched alkanes of at least 4 members (excludes halogenated alkanes) is 2. The summed E-state index contributed by atoms with van der Waals surface area (Å²) in [6.45, 7) is 2.85. The number of carbonyl (C=O) groups is 1. The first-order valence-electron chi connectivity index (χ1n) is 7.05. The summed E-state index contributed by atoms with van der Waals surface area (Å²) >= 11 is 6.68. The number of thiocarbonyl (C=S) groups is 1. The predicted molar refractivity (Wildman–Crippen MR) is 92.4 cm³/mol. The topological polar surface area (TPSA) is 29.5 Å².